The third kappa shape index (κ3) is 5.73. The molecule has 0 aromatic carbocycles. The van der Waals surface area contributed by atoms with Crippen LogP contribution in [0.4, 0.5) is 0 Å². The first-order valence-corrected chi connectivity index (χ1v) is 3.12. The zero-order valence-corrected chi connectivity index (χ0v) is 5.73. The Labute approximate surface area is 55.0 Å². The van der Waals surface area contributed by atoms with Crippen molar-refractivity contribution in [3.05, 3.63) is 24.4 Å². The number of halogens is 1. The zero-order valence-electron chi connectivity index (χ0n) is 4.97. The molecule has 2 N–H and O–H groups in total. The second kappa shape index (κ2) is 6.73. The van der Waals surface area contributed by atoms with Crippen LogP contribution in [-0.4, -0.2) is 12.9 Å². The molecule has 0 atom stereocenters. The minimum absolute atomic E-state index is 0.591. The van der Waals surface area contributed by atoms with Crippen molar-refractivity contribution in [2.75, 3.05) is 12.9 Å². The first kappa shape index (κ1) is 7.73. The number of hydrogen-bond donors (Lipinski definition) is 1. The third-order valence-electron chi connectivity index (χ3n) is 0.640. The van der Waals surface area contributed by atoms with Gasteiger partial charge in [-0.1, -0.05) is 12.2 Å². The normalized spacial score (nSPS) is 11.8. The van der Waals surface area contributed by atoms with Gasteiger partial charge in [0.2, 0.25) is 0 Å². The van der Waals surface area contributed by atoms with Gasteiger partial charge in [0.05, 0.1) is 13.2 Å². The molecule has 0 heterocycles. The van der Waals surface area contributed by atoms with E-state index in [-0.39, 0.29) is 0 Å². The first-order valence-electron chi connectivity index (χ1n) is 2.59. The number of alkyl halides is 1. The van der Waals surface area contributed by atoms with Gasteiger partial charge in [-0.05, 0) is 6.08 Å². The van der Waals surface area contributed by atoms with Gasteiger partial charge in [-0.25, -0.2) is 0 Å². The molecule has 0 fully saturated rings. The number of rotatable bonds is 3. The van der Waals surface area contributed by atoms with Crippen LogP contribution in [0.3, 0.4) is 0 Å². The van der Waals surface area contributed by atoms with Crippen molar-refractivity contribution in [1.82, 2.24) is 0 Å². The average Bonchev–Trinajstić information content (AvgIpc) is 1.81. The average molecular weight is 133 g/mol. The number of quaternary nitrogens is 1. The molecular formula is C6H11ClN+. The molecule has 0 saturated heterocycles. The molecule has 1 nitrogen and oxygen atoms in total. The van der Waals surface area contributed by atoms with Crippen LogP contribution in [0.15, 0.2) is 24.4 Å². The molecule has 0 spiro atoms. The van der Waals surface area contributed by atoms with Crippen LogP contribution >= 0.6 is 11.6 Å². The van der Waals surface area contributed by atoms with Crippen molar-refractivity contribution in [2.24, 2.45) is 0 Å². The molecule has 0 unspecified atom stereocenters. The van der Waals surface area contributed by atoms with Crippen molar-refractivity contribution in [3.8, 4) is 0 Å². The van der Waals surface area contributed by atoms with E-state index in [4.69, 9.17) is 11.6 Å². The predicted octanol–water partition coefficient (Wildman–Crippen LogP) is 0.488. The summed E-state index contributed by atoms with van der Waals surface area (Å²) in [5, 5.41) is 1.97. The summed E-state index contributed by atoms with van der Waals surface area (Å²) in [6.07, 6.45) is 7.72. The van der Waals surface area contributed by atoms with Gasteiger partial charge in [-0.3, -0.25) is 0 Å². The van der Waals surface area contributed by atoms with Gasteiger partial charge in [0.15, 0.2) is 0 Å². The third-order valence-corrected chi connectivity index (χ3v) is 0.818. The maximum atomic E-state index is 5.35. The lowest BCUT2D eigenvalue weighted by atomic mass is 10.5. The minimum Gasteiger partial charge on any atom is -0.322 e. The van der Waals surface area contributed by atoms with Crippen molar-refractivity contribution in [3.63, 3.8) is 0 Å². The van der Waals surface area contributed by atoms with Crippen LogP contribution in [0.1, 0.15) is 0 Å². The van der Waals surface area contributed by atoms with Gasteiger partial charge in [-0.15, -0.1) is 11.6 Å². The number of allylic oxidation sites excluding steroid dienone is 3. The summed E-state index contributed by atoms with van der Waals surface area (Å²) in [6, 6.07) is 0. The highest BCUT2D eigenvalue weighted by molar-refractivity contribution is 6.18. The van der Waals surface area contributed by atoms with Gasteiger partial charge >= 0.3 is 0 Å². The molecule has 0 aliphatic carbocycles. The van der Waals surface area contributed by atoms with E-state index >= 15 is 0 Å². The topological polar surface area (TPSA) is 16.6 Å². The predicted molar refractivity (Wildman–Crippen MR) is 36.8 cm³/mol. The Bertz CT molecular complexity index is 74.5. The second-order valence-corrected chi connectivity index (χ2v) is 1.61. The molecule has 0 radical (unpaired) electrons. The van der Waals surface area contributed by atoms with E-state index in [2.05, 4.69) is 0 Å². The molecule has 0 aromatic rings. The summed E-state index contributed by atoms with van der Waals surface area (Å²) in [4.78, 5) is 0. The molecule has 8 heavy (non-hydrogen) atoms. The Morgan fingerprint density at radius 1 is 1.50 bits per heavy atom. The summed E-state index contributed by atoms with van der Waals surface area (Å²) >= 11 is 5.35. The van der Waals surface area contributed by atoms with Gasteiger partial charge < -0.3 is 5.32 Å². The van der Waals surface area contributed by atoms with Crippen LogP contribution in [0.2, 0.25) is 0 Å². The highest BCUT2D eigenvalue weighted by Crippen LogP contribution is 1.76. The Morgan fingerprint density at radius 2 is 2.25 bits per heavy atom. The SMILES string of the molecule is C[NH2+]/C=C\C=C/CCl. The smallest absolute Gasteiger partial charge is 0.0923 e. The minimum atomic E-state index is 0.591. The molecule has 46 valence electrons. The maximum Gasteiger partial charge on any atom is 0.0923 e. The molecule has 0 rings (SSSR count). The van der Waals surface area contributed by atoms with Gasteiger partial charge in [0.1, 0.15) is 0 Å². The van der Waals surface area contributed by atoms with E-state index in [9.17, 15) is 0 Å². The Hall–Kier alpha value is -0.270. The van der Waals surface area contributed by atoms with E-state index in [0.29, 0.717) is 5.88 Å². The lowest BCUT2D eigenvalue weighted by Crippen LogP contribution is -2.72. The van der Waals surface area contributed by atoms with Crippen LogP contribution in [0.25, 0.3) is 0 Å². The molecule has 0 bridgehead atoms. The molecule has 0 amide bonds. The summed E-state index contributed by atoms with van der Waals surface area (Å²) < 4.78 is 0. The van der Waals surface area contributed by atoms with E-state index in [1.807, 2.05) is 36.8 Å². The Kier molecular flexibility index (Phi) is 6.50. The van der Waals surface area contributed by atoms with E-state index in [1.54, 1.807) is 0 Å². The van der Waals surface area contributed by atoms with Crippen molar-refractivity contribution >= 4 is 11.6 Å². The van der Waals surface area contributed by atoms with Crippen LogP contribution in [0, 0.1) is 0 Å². The highest BCUT2D eigenvalue weighted by Gasteiger charge is 1.64. The van der Waals surface area contributed by atoms with E-state index in [1.165, 1.54) is 0 Å². The summed E-state index contributed by atoms with van der Waals surface area (Å²) in [7, 11) is 1.98. The largest absolute Gasteiger partial charge is 0.322 e. The lowest BCUT2D eigenvalue weighted by Gasteiger charge is -1.73. The molecule has 0 aliphatic heterocycles. The molecule has 0 aliphatic rings. The fourth-order valence-corrected chi connectivity index (χ4v) is 0.408. The molecule has 0 aromatic heterocycles. The quantitative estimate of drug-likeness (QED) is 0.425. The monoisotopic (exact) mass is 132 g/mol. The standard InChI is InChI=1S/C6H10ClN/c1-8-6-4-2-3-5-7/h2-4,6,8H,5H2,1H3/p+1/b3-2-,6-4-. The van der Waals surface area contributed by atoms with Crippen LogP contribution in [0.5, 0.6) is 0 Å². The number of hydrogen-bond acceptors (Lipinski definition) is 0. The molecule has 0 saturated carbocycles. The Morgan fingerprint density at radius 3 is 2.75 bits per heavy atom. The molecule has 2 heteroatoms. The number of nitrogens with two attached hydrogens (primary N) is 1. The summed E-state index contributed by atoms with van der Waals surface area (Å²) in [6.45, 7) is 0. The summed E-state index contributed by atoms with van der Waals surface area (Å²) in [5.41, 5.74) is 0. The Balaban J connectivity index is 3.13. The van der Waals surface area contributed by atoms with Gasteiger partial charge in [-0.2, -0.15) is 0 Å². The second-order valence-electron chi connectivity index (χ2n) is 1.30. The van der Waals surface area contributed by atoms with E-state index < -0.39 is 0 Å². The van der Waals surface area contributed by atoms with Crippen molar-refractivity contribution in [1.29, 1.82) is 0 Å². The van der Waals surface area contributed by atoms with Gasteiger partial charge in [0.25, 0.3) is 0 Å². The lowest BCUT2D eigenvalue weighted by molar-refractivity contribution is -0.556. The zero-order chi connectivity index (χ0) is 6.24. The molecular weight excluding hydrogens is 122 g/mol. The fraction of sp³-hybridized carbons (Fsp3) is 0.333. The van der Waals surface area contributed by atoms with Crippen LogP contribution in [-0.2, 0) is 0 Å². The highest BCUT2D eigenvalue weighted by atomic mass is 35.5. The van der Waals surface area contributed by atoms with Crippen molar-refractivity contribution in [2.45, 2.75) is 0 Å². The van der Waals surface area contributed by atoms with E-state index in [0.717, 1.165) is 0 Å². The van der Waals surface area contributed by atoms with Crippen molar-refractivity contribution < 1.29 is 5.32 Å². The van der Waals surface area contributed by atoms with Crippen LogP contribution < -0.4 is 5.32 Å². The maximum absolute atomic E-state index is 5.35. The summed E-state index contributed by atoms with van der Waals surface area (Å²) in [5.74, 6) is 0.591. The van der Waals surface area contributed by atoms with Gasteiger partial charge in [0, 0.05) is 5.88 Å². The first-order chi connectivity index (χ1) is 3.91. The fourth-order valence-electron chi connectivity index (χ4n) is 0.305.